The van der Waals surface area contributed by atoms with E-state index in [2.05, 4.69) is 26.3 Å². The highest BCUT2D eigenvalue weighted by atomic mass is 19.4. The molecule has 1 atom stereocenters. The molecule has 2 aromatic carbocycles. The van der Waals surface area contributed by atoms with Crippen LogP contribution >= 0.6 is 0 Å². The Kier molecular flexibility index (Phi) is 7.59. The Morgan fingerprint density at radius 1 is 0.919 bits per heavy atom. The normalized spacial score (nSPS) is 12.6. The van der Waals surface area contributed by atoms with Gasteiger partial charge in [-0.3, -0.25) is 20.4 Å². The van der Waals surface area contributed by atoms with E-state index in [1.807, 2.05) is 0 Å². The quantitative estimate of drug-likeness (QED) is 0.369. The van der Waals surface area contributed by atoms with Crippen LogP contribution in [0.5, 0.6) is 11.5 Å². The maximum absolute atomic E-state index is 13.1. The number of nitrogens with zero attached hydrogens (tertiary/aromatic N) is 4. The van der Waals surface area contributed by atoms with Gasteiger partial charge in [0.25, 0.3) is 11.8 Å². The van der Waals surface area contributed by atoms with Gasteiger partial charge in [-0.05, 0) is 48.5 Å². The molecule has 0 aliphatic rings. The molecule has 0 bridgehead atoms. The number of benzene rings is 2. The standard InChI is InChI=1S/C21H18F6N6O4/c1-10(18(34)29-30-19(35)15-9-14(36-2)4-5-16(15)37-3)33-31-17(28-32-33)11-6-12(20(22,23)24)8-13(7-11)21(25,26)27/h4-10H,1-3H3,(H,29,34)(H,30,35). The van der Waals surface area contributed by atoms with Crippen LogP contribution in [0.1, 0.15) is 34.5 Å². The summed E-state index contributed by atoms with van der Waals surface area (Å²) in [5.41, 5.74) is 0.560. The van der Waals surface area contributed by atoms with Crippen LogP contribution in [0.2, 0.25) is 0 Å². The van der Waals surface area contributed by atoms with E-state index in [9.17, 15) is 35.9 Å². The molecule has 198 valence electrons. The second kappa shape index (κ2) is 10.3. The number of alkyl halides is 6. The first-order chi connectivity index (χ1) is 17.2. The topological polar surface area (TPSA) is 120 Å². The Hall–Kier alpha value is -4.37. The lowest BCUT2D eigenvalue weighted by Crippen LogP contribution is -2.45. The van der Waals surface area contributed by atoms with Crippen LogP contribution in [0.25, 0.3) is 11.4 Å². The molecule has 37 heavy (non-hydrogen) atoms. The van der Waals surface area contributed by atoms with E-state index < -0.39 is 52.7 Å². The highest BCUT2D eigenvalue weighted by molar-refractivity contribution is 5.98. The molecule has 0 saturated heterocycles. The van der Waals surface area contributed by atoms with Crippen molar-refractivity contribution in [1.82, 2.24) is 31.1 Å². The molecule has 0 spiro atoms. The lowest BCUT2D eigenvalue weighted by molar-refractivity contribution is -0.143. The molecule has 0 radical (unpaired) electrons. The third-order valence-electron chi connectivity index (χ3n) is 4.95. The zero-order valence-corrected chi connectivity index (χ0v) is 19.2. The summed E-state index contributed by atoms with van der Waals surface area (Å²) in [7, 11) is 2.71. The molecule has 0 aliphatic carbocycles. The number of ether oxygens (including phenoxy) is 2. The number of rotatable bonds is 6. The van der Waals surface area contributed by atoms with Crippen LogP contribution in [-0.2, 0) is 17.1 Å². The summed E-state index contributed by atoms with van der Waals surface area (Å²) in [6, 6.07) is 3.93. The first kappa shape index (κ1) is 27.2. The molecular weight excluding hydrogens is 514 g/mol. The Morgan fingerprint density at radius 3 is 2.08 bits per heavy atom. The summed E-state index contributed by atoms with van der Waals surface area (Å²) in [4.78, 5) is 25.6. The average Bonchev–Trinajstić information content (AvgIpc) is 3.35. The zero-order valence-electron chi connectivity index (χ0n) is 19.2. The number of halogens is 6. The molecule has 1 heterocycles. The Labute approximate surface area is 204 Å². The van der Waals surface area contributed by atoms with Crippen LogP contribution in [0.3, 0.4) is 0 Å². The molecule has 10 nitrogen and oxygen atoms in total. The third-order valence-corrected chi connectivity index (χ3v) is 4.95. The molecule has 0 aliphatic heterocycles. The van der Waals surface area contributed by atoms with Crippen molar-refractivity contribution in [2.45, 2.75) is 25.3 Å². The monoisotopic (exact) mass is 532 g/mol. The van der Waals surface area contributed by atoms with Crippen molar-refractivity contribution < 1.29 is 45.4 Å². The van der Waals surface area contributed by atoms with Crippen molar-refractivity contribution in [3.05, 3.63) is 53.1 Å². The van der Waals surface area contributed by atoms with Gasteiger partial charge in [0.05, 0.1) is 30.9 Å². The number of hydrazine groups is 1. The summed E-state index contributed by atoms with van der Waals surface area (Å²) in [5, 5.41) is 10.7. The predicted molar refractivity (Wildman–Crippen MR) is 113 cm³/mol. The number of nitrogens with one attached hydrogen (secondary N) is 2. The van der Waals surface area contributed by atoms with Gasteiger partial charge in [-0.1, -0.05) is 0 Å². The van der Waals surface area contributed by atoms with Gasteiger partial charge in [-0.25, -0.2) is 0 Å². The van der Waals surface area contributed by atoms with Crippen molar-refractivity contribution >= 4 is 11.8 Å². The van der Waals surface area contributed by atoms with E-state index in [0.29, 0.717) is 22.7 Å². The van der Waals surface area contributed by atoms with E-state index >= 15 is 0 Å². The van der Waals surface area contributed by atoms with Gasteiger partial charge >= 0.3 is 12.4 Å². The highest BCUT2D eigenvalue weighted by Gasteiger charge is 2.37. The Bertz CT molecular complexity index is 1280. The molecule has 2 amide bonds. The molecule has 0 saturated carbocycles. The number of carbonyl (C=O) groups excluding carboxylic acids is 2. The number of aromatic nitrogens is 4. The lowest BCUT2D eigenvalue weighted by atomic mass is 10.0. The molecule has 3 rings (SSSR count). The van der Waals surface area contributed by atoms with Gasteiger partial charge in [0, 0.05) is 5.56 Å². The molecule has 2 N–H and O–H groups in total. The van der Waals surface area contributed by atoms with Crippen molar-refractivity contribution in [3.8, 4) is 22.9 Å². The largest absolute Gasteiger partial charge is 0.497 e. The molecule has 1 unspecified atom stereocenters. The summed E-state index contributed by atoms with van der Waals surface area (Å²) in [6.45, 7) is 1.26. The number of tetrazole rings is 1. The smallest absolute Gasteiger partial charge is 0.416 e. The van der Waals surface area contributed by atoms with Crippen molar-refractivity contribution in [2.24, 2.45) is 0 Å². The third kappa shape index (κ3) is 6.25. The predicted octanol–water partition coefficient (Wildman–Crippen LogP) is 3.42. The minimum Gasteiger partial charge on any atom is -0.497 e. The van der Waals surface area contributed by atoms with Gasteiger partial charge in [-0.15, -0.1) is 10.2 Å². The van der Waals surface area contributed by atoms with Crippen LogP contribution in [0.15, 0.2) is 36.4 Å². The highest BCUT2D eigenvalue weighted by Crippen LogP contribution is 2.38. The summed E-state index contributed by atoms with van der Waals surface area (Å²) in [6.07, 6.45) is -10.1. The van der Waals surface area contributed by atoms with Gasteiger partial charge < -0.3 is 9.47 Å². The maximum atomic E-state index is 13.1. The van der Waals surface area contributed by atoms with E-state index in [4.69, 9.17) is 9.47 Å². The molecular formula is C21H18F6N6O4. The second-order valence-corrected chi connectivity index (χ2v) is 7.41. The molecule has 3 aromatic rings. The number of hydrogen-bond donors (Lipinski definition) is 2. The SMILES string of the molecule is COc1ccc(OC)c(C(=O)NNC(=O)C(C)n2nnc(-c3cc(C(F)(F)F)cc(C(F)(F)F)c3)n2)c1. The summed E-state index contributed by atoms with van der Waals surface area (Å²) >= 11 is 0. The lowest BCUT2D eigenvalue weighted by Gasteiger charge is -2.14. The van der Waals surface area contributed by atoms with Gasteiger partial charge in [-0.2, -0.15) is 31.1 Å². The second-order valence-electron chi connectivity index (χ2n) is 7.41. The Balaban J connectivity index is 1.78. The van der Waals surface area contributed by atoms with Crippen molar-refractivity contribution in [3.63, 3.8) is 0 Å². The molecule has 0 fully saturated rings. The first-order valence-electron chi connectivity index (χ1n) is 10.2. The zero-order chi connectivity index (χ0) is 27.5. The fourth-order valence-electron chi connectivity index (χ4n) is 2.98. The van der Waals surface area contributed by atoms with E-state index in [0.717, 1.165) is 0 Å². The van der Waals surface area contributed by atoms with E-state index in [1.54, 1.807) is 6.07 Å². The van der Waals surface area contributed by atoms with Crippen LogP contribution in [-0.4, -0.2) is 46.2 Å². The fourth-order valence-corrected chi connectivity index (χ4v) is 2.98. The van der Waals surface area contributed by atoms with Crippen LogP contribution < -0.4 is 20.3 Å². The van der Waals surface area contributed by atoms with Gasteiger partial charge in [0.2, 0.25) is 5.82 Å². The van der Waals surface area contributed by atoms with Gasteiger partial charge in [0.1, 0.15) is 11.5 Å². The molecule has 1 aromatic heterocycles. The summed E-state index contributed by atoms with van der Waals surface area (Å²) in [5.74, 6) is -1.71. The van der Waals surface area contributed by atoms with E-state index in [-0.39, 0.29) is 17.4 Å². The fraction of sp³-hybridized carbons (Fsp3) is 0.286. The number of amides is 2. The van der Waals surface area contributed by atoms with E-state index in [1.165, 1.54) is 33.3 Å². The summed E-state index contributed by atoms with van der Waals surface area (Å²) < 4.78 is 88.9. The minimum absolute atomic E-state index is 0.0287. The Morgan fingerprint density at radius 2 is 1.54 bits per heavy atom. The van der Waals surface area contributed by atoms with Crippen LogP contribution in [0.4, 0.5) is 26.3 Å². The number of methoxy groups -OCH3 is 2. The minimum atomic E-state index is -5.07. The number of carbonyl (C=O) groups is 2. The average molecular weight is 532 g/mol. The first-order valence-corrected chi connectivity index (χ1v) is 10.2. The maximum Gasteiger partial charge on any atom is 0.416 e. The van der Waals surface area contributed by atoms with Crippen molar-refractivity contribution in [2.75, 3.05) is 14.2 Å². The van der Waals surface area contributed by atoms with Crippen molar-refractivity contribution in [1.29, 1.82) is 0 Å². The molecule has 16 heteroatoms. The van der Waals surface area contributed by atoms with Gasteiger partial charge in [0.15, 0.2) is 6.04 Å². The number of hydrogen-bond acceptors (Lipinski definition) is 7. The van der Waals surface area contributed by atoms with Crippen LogP contribution in [0, 0.1) is 0 Å².